The maximum Gasteiger partial charge on any atom is 0.337 e. The van der Waals surface area contributed by atoms with E-state index in [1.165, 1.54) is 21.3 Å². The van der Waals surface area contributed by atoms with E-state index in [-0.39, 0.29) is 5.11 Å². The van der Waals surface area contributed by atoms with Crippen LogP contribution in [-0.2, 0) is 4.74 Å². The number of hydrogen-bond donors (Lipinski definition) is 2. The second-order valence-corrected chi connectivity index (χ2v) is 7.93. The molecule has 10 heteroatoms. The molecule has 0 saturated carbocycles. The molecule has 0 atom stereocenters. The molecule has 1 aliphatic heterocycles. The van der Waals surface area contributed by atoms with Gasteiger partial charge in [0, 0.05) is 37.8 Å². The number of amides is 1. The molecule has 176 valence electrons. The third-order valence-corrected chi connectivity index (χ3v) is 5.55. The molecule has 2 aromatic carbocycles. The number of nitrogens with zero attached hydrogens (tertiary/aromatic N) is 2. The van der Waals surface area contributed by atoms with Crippen LogP contribution in [0.2, 0.25) is 0 Å². The fourth-order valence-corrected chi connectivity index (χ4v) is 3.67. The Bertz CT molecular complexity index is 1020. The molecule has 0 radical (unpaired) electrons. The molecule has 1 fully saturated rings. The summed E-state index contributed by atoms with van der Waals surface area (Å²) in [4.78, 5) is 29.3. The highest BCUT2D eigenvalue weighted by molar-refractivity contribution is 7.80. The van der Waals surface area contributed by atoms with E-state index in [2.05, 4.69) is 27.5 Å². The van der Waals surface area contributed by atoms with Crippen molar-refractivity contribution in [3.63, 3.8) is 0 Å². The Balaban J connectivity index is 1.81. The van der Waals surface area contributed by atoms with E-state index in [0.29, 0.717) is 28.3 Å². The maximum absolute atomic E-state index is 12.8. The Hall–Kier alpha value is -3.37. The Morgan fingerprint density at radius 2 is 1.55 bits per heavy atom. The van der Waals surface area contributed by atoms with Crippen molar-refractivity contribution in [1.29, 1.82) is 0 Å². The van der Waals surface area contributed by atoms with E-state index in [1.54, 1.807) is 30.3 Å². The molecule has 9 nitrogen and oxygen atoms in total. The quantitative estimate of drug-likeness (QED) is 0.486. The molecule has 1 aliphatic rings. The third kappa shape index (κ3) is 6.11. The van der Waals surface area contributed by atoms with Crippen LogP contribution in [0.15, 0.2) is 36.4 Å². The van der Waals surface area contributed by atoms with Crippen LogP contribution in [-0.4, -0.2) is 76.4 Å². The normalized spacial score (nSPS) is 13.8. The zero-order valence-electron chi connectivity index (χ0n) is 19.1. The van der Waals surface area contributed by atoms with Crippen LogP contribution < -0.4 is 25.0 Å². The van der Waals surface area contributed by atoms with Crippen LogP contribution in [0.25, 0.3) is 0 Å². The molecule has 2 aromatic rings. The van der Waals surface area contributed by atoms with Gasteiger partial charge in [0.2, 0.25) is 0 Å². The van der Waals surface area contributed by atoms with Gasteiger partial charge in [0.1, 0.15) is 11.5 Å². The Morgan fingerprint density at radius 3 is 2.12 bits per heavy atom. The van der Waals surface area contributed by atoms with Crippen molar-refractivity contribution in [3.05, 3.63) is 47.5 Å². The minimum atomic E-state index is -0.457. The first-order valence-electron chi connectivity index (χ1n) is 10.4. The van der Waals surface area contributed by atoms with Gasteiger partial charge in [-0.1, -0.05) is 0 Å². The van der Waals surface area contributed by atoms with Gasteiger partial charge in [0.25, 0.3) is 5.91 Å². The molecule has 33 heavy (non-hydrogen) atoms. The molecule has 0 aromatic heterocycles. The van der Waals surface area contributed by atoms with E-state index in [9.17, 15) is 9.59 Å². The first-order valence-corrected chi connectivity index (χ1v) is 10.8. The number of hydrogen-bond acceptors (Lipinski definition) is 8. The number of methoxy groups -OCH3 is 3. The van der Waals surface area contributed by atoms with Gasteiger partial charge in [-0.05, 0) is 49.6 Å². The number of likely N-dealkylation sites (N-methyl/N-ethyl adjacent to an activating group) is 1. The zero-order valence-corrected chi connectivity index (χ0v) is 20.0. The third-order valence-electron chi connectivity index (χ3n) is 5.35. The lowest BCUT2D eigenvalue weighted by atomic mass is 10.1. The van der Waals surface area contributed by atoms with Crippen molar-refractivity contribution in [3.8, 4) is 11.5 Å². The second-order valence-electron chi connectivity index (χ2n) is 7.52. The van der Waals surface area contributed by atoms with Crippen molar-refractivity contribution in [2.75, 3.05) is 64.8 Å². The number of thiocarbonyl (C=S) groups is 1. The smallest absolute Gasteiger partial charge is 0.337 e. The summed E-state index contributed by atoms with van der Waals surface area (Å²) in [5.74, 6) is 0.0967. The molecule has 1 amide bonds. The number of carbonyl (C=O) groups excluding carboxylic acids is 2. The second kappa shape index (κ2) is 11.0. The number of anilines is 2. The molecule has 1 saturated heterocycles. The molecule has 2 N–H and O–H groups in total. The van der Waals surface area contributed by atoms with Crippen LogP contribution >= 0.6 is 12.2 Å². The first kappa shape index (κ1) is 24.3. The minimum Gasteiger partial charge on any atom is -0.497 e. The van der Waals surface area contributed by atoms with E-state index in [0.717, 1.165) is 31.9 Å². The number of nitrogens with one attached hydrogen (secondary N) is 2. The summed E-state index contributed by atoms with van der Waals surface area (Å²) in [6.07, 6.45) is 0. The maximum atomic E-state index is 12.8. The highest BCUT2D eigenvalue weighted by Crippen LogP contribution is 2.29. The van der Waals surface area contributed by atoms with Crippen LogP contribution in [0.1, 0.15) is 20.7 Å². The van der Waals surface area contributed by atoms with Crippen molar-refractivity contribution in [2.45, 2.75) is 0 Å². The predicted molar refractivity (Wildman–Crippen MR) is 131 cm³/mol. The molecular formula is C23H28N4O5S. The average Bonchev–Trinajstić information content (AvgIpc) is 2.83. The van der Waals surface area contributed by atoms with E-state index < -0.39 is 11.9 Å². The lowest BCUT2D eigenvalue weighted by Crippen LogP contribution is -2.45. The average molecular weight is 473 g/mol. The minimum absolute atomic E-state index is 0.0965. The summed E-state index contributed by atoms with van der Waals surface area (Å²) in [6.45, 7) is 3.48. The molecule has 0 bridgehead atoms. The van der Waals surface area contributed by atoms with Gasteiger partial charge >= 0.3 is 5.97 Å². The Morgan fingerprint density at radius 1 is 0.909 bits per heavy atom. The van der Waals surface area contributed by atoms with Crippen molar-refractivity contribution in [1.82, 2.24) is 10.2 Å². The monoisotopic (exact) mass is 472 g/mol. The topological polar surface area (TPSA) is 92.4 Å². The number of carbonyl (C=O) groups is 2. The summed E-state index contributed by atoms with van der Waals surface area (Å²) >= 11 is 5.40. The van der Waals surface area contributed by atoms with E-state index in [1.807, 2.05) is 6.07 Å². The number of esters is 1. The lowest BCUT2D eigenvalue weighted by Gasteiger charge is -2.35. The molecular weight excluding hydrogens is 444 g/mol. The first-order chi connectivity index (χ1) is 15.8. The molecule has 0 spiro atoms. The number of benzene rings is 2. The van der Waals surface area contributed by atoms with Crippen LogP contribution in [0, 0.1) is 0 Å². The van der Waals surface area contributed by atoms with Crippen molar-refractivity contribution >= 4 is 40.6 Å². The van der Waals surface area contributed by atoms with E-state index >= 15 is 0 Å². The van der Waals surface area contributed by atoms with Gasteiger partial charge in [-0.25, -0.2) is 4.79 Å². The summed E-state index contributed by atoms with van der Waals surface area (Å²) in [5.41, 5.74) is 2.20. The highest BCUT2D eigenvalue weighted by Gasteiger charge is 2.20. The molecule has 0 unspecified atom stereocenters. The van der Waals surface area contributed by atoms with Gasteiger partial charge in [0.05, 0.1) is 38.3 Å². The van der Waals surface area contributed by atoms with Gasteiger partial charge < -0.3 is 29.3 Å². The van der Waals surface area contributed by atoms with Gasteiger partial charge in [0.15, 0.2) is 5.11 Å². The highest BCUT2D eigenvalue weighted by atomic mass is 32.1. The van der Waals surface area contributed by atoms with Crippen molar-refractivity contribution in [2.24, 2.45) is 0 Å². The summed E-state index contributed by atoms with van der Waals surface area (Å²) in [6, 6.07) is 10.1. The summed E-state index contributed by atoms with van der Waals surface area (Å²) < 4.78 is 15.3. The lowest BCUT2D eigenvalue weighted by molar-refractivity contribution is 0.0600. The van der Waals surface area contributed by atoms with Gasteiger partial charge in [-0.3, -0.25) is 10.1 Å². The van der Waals surface area contributed by atoms with Gasteiger partial charge in [-0.2, -0.15) is 0 Å². The van der Waals surface area contributed by atoms with Crippen LogP contribution in [0.4, 0.5) is 11.4 Å². The fourth-order valence-electron chi connectivity index (χ4n) is 3.47. The molecule has 0 aliphatic carbocycles. The largest absolute Gasteiger partial charge is 0.497 e. The molecule has 3 rings (SSSR count). The zero-order chi connectivity index (χ0) is 24.0. The standard InChI is InChI=1S/C23H28N4O5S/c1-26-7-9-27(10-8-26)20-6-5-15(22(29)32-4)13-19(20)24-23(33)25-21(28)16-11-17(30-2)14-18(12-16)31-3/h5-6,11-14H,7-10H2,1-4H3,(H2,24,25,28,33). The number of piperazine rings is 1. The Labute approximate surface area is 198 Å². The van der Waals surface area contributed by atoms with E-state index in [4.69, 9.17) is 26.4 Å². The SMILES string of the molecule is COC(=O)c1ccc(N2CCN(C)CC2)c(NC(=S)NC(=O)c2cc(OC)cc(OC)c2)c1. The predicted octanol–water partition coefficient (Wildman–Crippen LogP) is 2.37. The number of rotatable bonds is 6. The van der Waals surface area contributed by atoms with Crippen molar-refractivity contribution < 1.29 is 23.8 Å². The summed E-state index contributed by atoms with van der Waals surface area (Å²) in [5, 5.41) is 5.84. The van der Waals surface area contributed by atoms with Crippen LogP contribution in [0.3, 0.4) is 0 Å². The number of ether oxygens (including phenoxy) is 3. The summed E-state index contributed by atoms with van der Waals surface area (Å²) in [7, 11) is 6.43. The Kier molecular flexibility index (Phi) is 8.07. The molecule has 1 heterocycles. The van der Waals surface area contributed by atoms with Gasteiger partial charge in [-0.15, -0.1) is 0 Å². The van der Waals surface area contributed by atoms with Crippen LogP contribution in [0.5, 0.6) is 11.5 Å². The fraction of sp³-hybridized carbons (Fsp3) is 0.348.